The lowest BCUT2D eigenvalue weighted by atomic mass is 9.95. The molecule has 2 aromatic rings. The number of hydrogen-bond acceptors (Lipinski definition) is 3. The van der Waals surface area contributed by atoms with Gasteiger partial charge in [0.05, 0.1) is 5.56 Å². The van der Waals surface area contributed by atoms with Crippen LogP contribution in [0.2, 0.25) is 0 Å². The van der Waals surface area contributed by atoms with E-state index in [-0.39, 0.29) is 35.8 Å². The molecular weight excluding hydrogens is 383 g/mol. The van der Waals surface area contributed by atoms with Gasteiger partial charge in [-0.2, -0.15) is 13.2 Å². The topological polar surface area (TPSA) is 88.0 Å². The van der Waals surface area contributed by atoms with Crippen LogP contribution in [0.1, 0.15) is 45.6 Å². The van der Waals surface area contributed by atoms with Crippen LogP contribution in [-0.4, -0.2) is 10.9 Å². The summed E-state index contributed by atoms with van der Waals surface area (Å²) in [6.45, 7) is -0.105. The maximum atomic E-state index is 13.0. The number of rotatable bonds is 3. The van der Waals surface area contributed by atoms with Gasteiger partial charge >= 0.3 is 6.18 Å². The van der Waals surface area contributed by atoms with Gasteiger partial charge in [-0.15, -0.1) is 12.4 Å². The molecule has 1 aliphatic rings. The number of fused-ring (bicyclic) bond motifs is 1. The Kier molecular flexibility index (Phi) is 6.33. The number of nitrogens with one attached hydrogen (secondary N) is 2. The Labute approximate surface area is 159 Å². The number of H-pyrrole nitrogens is 1. The first kappa shape index (κ1) is 21.0. The second kappa shape index (κ2) is 8.14. The fraction of sp³-hybridized carbons (Fsp3) is 0.333. The number of hydrogen-bond donors (Lipinski definition) is 3. The third kappa shape index (κ3) is 4.70. The van der Waals surface area contributed by atoms with Gasteiger partial charge in [0, 0.05) is 17.9 Å². The van der Waals surface area contributed by atoms with Gasteiger partial charge in [0.25, 0.3) is 11.5 Å². The number of anilines is 1. The number of aryl methyl sites for hydroxylation is 2. The van der Waals surface area contributed by atoms with E-state index in [0.717, 1.165) is 49.1 Å². The molecule has 0 radical (unpaired) electrons. The molecule has 3 rings (SSSR count). The van der Waals surface area contributed by atoms with E-state index < -0.39 is 23.2 Å². The first-order valence-corrected chi connectivity index (χ1v) is 8.25. The van der Waals surface area contributed by atoms with E-state index >= 15 is 0 Å². The molecule has 9 heteroatoms. The molecule has 0 unspecified atom stereocenters. The summed E-state index contributed by atoms with van der Waals surface area (Å²) in [4.78, 5) is 27.3. The number of halogens is 4. The Balaban J connectivity index is 0.00000261. The highest BCUT2D eigenvalue weighted by Crippen LogP contribution is 2.32. The quantitative estimate of drug-likeness (QED) is 0.736. The van der Waals surface area contributed by atoms with Gasteiger partial charge < -0.3 is 16.0 Å². The van der Waals surface area contributed by atoms with Crippen molar-refractivity contribution in [1.82, 2.24) is 4.98 Å². The number of amides is 1. The van der Waals surface area contributed by atoms with Crippen molar-refractivity contribution in [2.24, 2.45) is 5.73 Å². The van der Waals surface area contributed by atoms with Crippen LogP contribution in [0, 0.1) is 0 Å². The van der Waals surface area contributed by atoms with Crippen molar-refractivity contribution in [3.63, 3.8) is 0 Å². The zero-order chi connectivity index (χ0) is 18.9. The van der Waals surface area contributed by atoms with Crippen molar-refractivity contribution in [1.29, 1.82) is 0 Å². The fourth-order valence-electron chi connectivity index (χ4n) is 3.09. The van der Waals surface area contributed by atoms with Crippen LogP contribution in [0.5, 0.6) is 0 Å². The fourth-order valence-corrected chi connectivity index (χ4v) is 3.09. The van der Waals surface area contributed by atoms with E-state index in [9.17, 15) is 22.8 Å². The summed E-state index contributed by atoms with van der Waals surface area (Å²) in [7, 11) is 0. The number of benzene rings is 1. The second-order valence-corrected chi connectivity index (χ2v) is 6.30. The zero-order valence-electron chi connectivity index (χ0n) is 14.3. The summed E-state index contributed by atoms with van der Waals surface area (Å²) in [5, 5.41) is 2.38. The highest BCUT2D eigenvalue weighted by molar-refractivity contribution is 6.04. The maximum Gasteiger partial charge on any atom is 0.416 e. The highest BCUT2D eigenvalue weighted by Gasteiger charge is 2.31. The van der Waals surface area contributed by atoms with Crippen LogP contribution in [-0.2, 0) is 25.6 Å². The molecule has 1 aromatic heterocycles. The van der Waals surface area contributed by atoms with Gasteiger partial charge in [-0.25, -0.2) is 0 Å². The van der Waals surface area contributed by atoms with Crippen LogP contribution in [0.15, 0.2) is 29.1 Å². The number of aromatic nitrogens is 1. The van der Waals surface area contributed by atoms with E-state index in [1.165, 1.54) is 12.1 Å². The Morgan fingerprint density at radius 3 is 2.52 bits per heavy atom. The van der Waals surface area contributed by atoms with Gasteiger partial charge in [0.1, 0.15) is 5.56 Å². The number of alkyl halides is 3. The first-order valence-electron chi connectivity index (χ1n) is 8.25. The standard InChI is InChI=1S/C18H18F3N3O2.ClH/c19-18(20,21)12-5-10(9-22)6-13(8-12)23-16(25)14-7-11-3-1-2-4-15(11)24-17(14)26;/h5-8H,1-4,9,22H2,(H,23,25)(H,24,26);1H. The van der Waals surface area contributed by atoms with Gasteiger partial charge in [-0.1, -0.05) is 0 Å². The van der Waals surface area contributed by atoms with Crippen molar-refractivity contribution < 1.29 is 18.0 Å². The number of nitrogens with two attached hydrogens (primary N) is 1. The van der Waals surface area contributed by atoms with Gasteiger partial charge in [0.2, 0.25) is 0 Å². The third-order valence-electron chi connectivity index (χ3n) is 4.40. The molecule has 1 heterocycles. The predicted octanol–water partition coefficient (Wildman–Crippen LogP) is 3.41. The normalized spacial score (nSPS) is 13.5. The van der Waals surface area contributed by atoms with E-state index in [2.05, 4.69) is 10.3 Å². The van der Waals surface area contributed by atoms with E-state index in [1.54, 1.807) is 0 Å². The zero-order valence-corrected chi connectivity index (χ0v) is 15.1. The molecule has 1 aromatic carbocycles. The molecular formula is C18H19ClF3N3O2. The largest absolute Gasteiger partial charge is 0.416 e. The number of carbonyl (C=O) groups excluding carboxylic acids is 1. The molecule has 5 nitrogen and oxygen atoms in total. The second-order valence-electron chi connectivity index (χ2n) is 6.30. The lowest BCUT2D eigenvalue weighted by molar-refractivity contribution is -0.137. The van der Waals surface area contributed by atoms with Crippen LogP contribution in [0.3, 0.4) is 0 Å². The molecule has 1 amide bonds. The SMILES string of the molecule is Cl.NCc1cc(NC(=O)c2cc3c([nH]c2=O)CCCC3)cc(C(F)(F)F)c1. The average Bonchev–Trinajstić information content (AvgIpc) is 2.59. The Bertz CT molecular complexity index is 910. The van der Waals surface area contributed by atoms with E-state index in [4.69, 9.17) is 5.73 Å². The number of carbonyl (C=O) groups is 1. The van der Waals surface area contributed by atoms with Crippen LogP contribution < -0.4 is 16.6 Å². The Hall–Kier alpha value is -2.32. The molecule has 27 heavy (non-hydrogen) atoms. The van der Waals surface area contributed by atoms with Gasteiger partial charge in [-0.3, -0.25) is 9.59 Å². The van der Waals surface area contributed by atoms with Gasteiger partial charge in [0.15, 0.2) is 0 Å². The summed E-state index contributed by atoms with van der Waals surface area (Å²) >= 11 is 0. The van der Waals surface area contributed by atoms with Crippen molar-refractivity contribution in [3.05, 3.63) is 62.6 Å². The van der Waals surface area contributed by atoms with E-state index in [0.29, 0.717) is 0 Å². The van der Waals surface area contributed by atoms with Gasteiger partial charge in [-0.05, 0) is 61.1 Å². The van der Waals surface area contributed by atoms with Crippen molar-refractivity contribution >= 4 is 24.0 Å². The smallest absolute Gasteiger partial charge is 0.326 e. The average molecular weight is 402 g/mol. The van der Waals surface area contributed by atoms with Crippen molar-refractivity contribution in [3.8, 4) is 0 Å². The third-order valence-corrected chi connectivity index (χ3v) is 4.40. The Morgan fingerprint density at radius 2 is 1.85 bits per heavy atom. The number of pyridine rings is 1. The summed E-state index contributed by atoms with van der Waals surface area (Å²) in [5.41, 5.74) is 5.77. The minimum absolute atomic E-state index is 0. The molecule has 4 N–H and O–H groups in total. The Morgan fingerprint density at radius 1 is 1.15 bits per heavy atom. The molecule has 146 valence electrons. The van der Waals surface area contributed by atoms with Crippen LogP contribution >= 0.6 is 12.4 Å². The predicted molar refractivity (Wildman–Crippen MR) is 98.2 cm³/mol. The number of aromatic amines is 1. The molecule has 0 fully saturated rings. The monoisotopic (exact) mass is 401 g/mol. The lowest BCUT2D eigenvalue weighted by Gasteiger charge is -2.16. The molecule has 0 atom stereocenters. The van der Waals surface area contributed by atoms with Crippen LogP contribution in [0.25, 0.3) is 0 Å². The summed E-state index contributed by atoms with van der Waals surface area (Å²) < 4.78 is 39.0. The molecule has 0 saturated carbocycles. The summed E-state index contributed by atoms with van der Waals surface area (Å²) in [6.07, 6.45) is -1.12. The summed E-state index contributed by atoms with van der Waals surface area (Å²) in [5.74, 6) is -0.748. The molecule has 0 spiro atoms. The molecule has 0 bridgehead atoms. The first-order chi connectivity index (χ1) is 12.3. The minimum atomic E-state index is -4.56. The van der Waals surface area contributed by atoms with E-state index in [1.807, 2.05) is 0 Å². The molecule has 0 saturated heterocycles. The lowest BCUT2D eigenvalue weighted by Crippen LogP contribution is -2.26. The molecule has 0 aliphatic heterocycles. The van der Waals surface area contributed by atoms with Crippen molar-refractivity contribution in [2.75, 3.05) is 5.32 Å². The highest BCUT2D eigenvalue weighted by atomic mass is 35.5. The maximum absolute atomic E-state index is 13.0. The minimum Gasteiger partial charge on any atom is -0.326 e. The van der Waals surface area contributed by atoms with Crippen LogP contribution in [0.4, 0.5) is 18.9 Å². The molecule has 1 aliphatic carbocycles. The summed E-state index contributed by atoms with van der Waals surface area (Å²) in [6, 6.07) is 4.64. The van der Waals surface area contributed by atoms with Crippen molar-refractivity contribution in [2.45, 2.75) is 38.4 Å².